The molecule has 0 aliphatic carbocycles. The third kappa shape index (κ3) is 3.53. The molecule has 1 fully saturated rings. The molecule has 0 N–H and O–H groups in total. The number of fused-ring (bicyclic) bond motifs is 1. The molecule has 5 nitrogen and oxygen atoms in total. The summed E-state index contributed by atoms with van der Waals surface area (Å²) in [4.78, 5) is 13.9. The molecule has 128 valence electrons. The van der Waals surface area contributed by atoms with Crippen molar-refractivity contribution in [1.82, 2.24) is 9.47 Å². The number of hydrogen-bond donors (Lipinski definition) is 0. The van der Waals surface area contributed by atoms with Gasteiger partial charge in [-0.2, -0.15) is 0 Å². The summed E-state index contributed by atoms with van der Waals surface area (Å²) in [6.07, 6.45) is 6.03. The molecule has 0 spiro atoms. The standard InChI is InChI=1S/C18H22N2O3S/c1-19-12-15(16-5-3-4-6-17(16)19)7-8-18(21)20(2)11-14-9-10-24(22,23)13-14/h3-8,12,14H,9-11,13H2,1-2H3/b8-7-/t14-/m1/s1. The van der Waals surface area contributed by atoms with E-state index in [1.807, 2.05) is 48.2 Å². The summed E-state index contributed by atoms with van der Waals surface area (Å²) in [5, 5.41) is 1.11. The molecule has 6 heteroatoms. The largest absolute Gasteiger partial charge is 0.350 e. The highest BCUT2D eigenvalue weighted by molar-refractivity contribution is 7.91. The summed E-state index contributed by atoms with van der Waals surface area (Å²) in [6, 6.07) is 8.05. The average molecular weight is 346 g/mol. The zero-order valence-electron chi connectivity index (χ0n) is 14.0. The molecule has 2 aromatic rings. The van der Waals surface area contributed by atoms with Gasteiger partial charge in [0.1, 0.15) is 0 Å². The van der Waals surface area contributed by atoms with E-state index in [1.165, 1.54) is 0 Å². The fourth-order valence-corrected chi connectivity index (χ4v) is 5.14. The molecular weight excluding hydrogens is 324 g/mol. The van der Waals surface area contributed by atoms with Crippen LogP contribution in [0, 0.1) is 5.92 Å². The van der Waals surface area contributed by atoms with Crippen LogP contribution < -0.4 is 0 Å². The third-order valence-corrected chi connectivity index (χ3v) is 6.41. The van der Waals surface area contributed by atoms with E-state index in [2.05, 4.69) is 0 Å². The van der Waals surface area contributed by atoms with E-state index in [0.29, 0.717) is 13.0 Å². The van der Waals surface area contributed by atoms with Crippen LogP contribution in [0.4, 0.5) is 0 Å². The van der Waals surface area contributed by atoms with Crippen LogP contribution in [-0.4, -0.2) is 48.9 Å². The molecular formula is C18H22N2O3S. The van der Waals surface area contributed by atoms with Crippen molar-refractivity contribution >= 4 is 32.7 Å². The Hall–Kier alpha value is -2.08. The van der Waals surface area contributed by atoms with E-state index in [0.717, 1.165) is 16.5 Å². The lowest BCUT2D eigenvalue weighted by molar-refractivity contribution is -0.125. The molecule has 0 bridgehead atoms. The van der Waals surface area contributed by atoms with Gasteiger partial charge in [0.25, 0.3) is 0 Å². The van der Waals surface area contributed by atoms with Gasteiger partial charge in [0, 0.05) is 49.4 Å². The summed E-state index contributed by atoms with van der Waals surface area (Å²) in [5.74, 6) is 0.380. The second-order valence-electron chi connectivity index (χ2n) is 6.53. The van der Waals surface area contributed by atoms with Crippen LogP contribution in [0.1, 0.15) is 12.0 Å². The highest BCUT2D eigenvalue weighted by atomic mass is 32.2. The Bertz CT molecular complexity index is 896. The smallest absolute Gasteiger partial charge is 0.246 e. The lowest BCUT2D eigenvalue weighted by Gasteiger charge is -2.18. The van der Waals surface area contributed by atoms with Crippen molar-refractivity contribution in [1.29, 1.82) is 0 Å². The predicted molar refractivity (Wildman–Crippen MR) is 96.4 cm³/mol. The molecule has 2 heterocycles. The number of likely N-dealkylation sites (N-methyl/N-ethyl adjacent to an activating group) is 1. The van der Waals surface area contributed by atoms with E-state index < -0.39 is 9.84 Å². The van der Waals surface area contributed by atoms with Gasteiger partial charge >= 0.3 is 0 Å². The van der Waals surface area contributed by atoms with Gasteiger partial charge in [-0.25, -0.2) is 8.42 Å². The van der Waals surface area contributed by atoms with Crippen molar-refractivity contribution < 1.29 is 13.2 Å². The molecule has 1 atom stereocenters. The molecule has 3 rings (SSSR count). The molecule has 0 radical (unpaired) electrons. The van der Waals surface area contributed by atoms with Crippen LogP contribution in [0.15, 0.2) is 36.5 Å². The van der Waals surface area contributed by atoms with Gasteiger partial charge in [0.05, 0.1) is 11.5 Å². The second-order valence-corrected chi connectivity index (χ2v) is 8.76. The normalized spacial score (nSPS) is 20.0. The van der Waals surface area contributed by atoms with Crippen LogP contribution in [0.2, 0.25) is 0 Å². The van der Waals surface area contributed by atoms with Crippen molar-refractivity contribution in [2.45, 2.75) is 6.42 Å². The van der Waals surface area contributed by atoms with Gasteiger partial charge in [0.15, 0.2) is 9.84 Å². The topological polar surface area (TPSA) is 59.4 Å². The number of carbonyl (C=O) groups is 1. The van der Waals surface area contributed by atoms with Crippen LogP contribution in [0.25, 0.3) is 17.0 Å². The fourth-order valence-electron chi connectivity index (χ4n) is 3.29. The maximum absolute atomic E-state index is 12.3. The van der Waals surface area contributed by atoms with Crippen molar-refractivity contribution in [2.75, 3.05) is 25.1 Å². The SMILES string of the molecule is CN(C[C@H]1CCS(=O)(=O)C1)C(=O)/C=C\c1cn(C)c2ccccc12. The van der Waals surface area contributed by atoms with Gasteiger partial charge < -0.3 is 9.47 Å². The summed E-state index contributed by atoms with van der Waals surface area (Å²) in [5.41, 5.74) is 2.12. The molecule has 0 unspecified atom stereocenters. The first-order valence-corrected chi connectivity index (χ1v) is 9.85. The zero-order chi connectivity index (χ0) is 17.3. The van der Waals surface area contributed by atoms with Crippen LogP contribution in [-0.2, 0) is 21.7 Å². The Kier molecular flexibility index (Phi) is 4.49. The minimum Gasteiger partial charge on any atom is -0.350 e. The monoisotopic (exact) mass is 346 g/mol. The number of para-hydroxylation sites is 1. The zero-order valence-corrected chi connectivity index (χ0v) is 14.8. The van der Waals surface area contributed by atoms with Crippen LogP contribution in [0.5, 0.6) is 0 Å². The Balaban J connectivity index is 1.68. The Morgan fingerprint density at radius 2 is 2.12 bits per heavy atom. The fraction of sp³-hybridized carbons (Fsp3) is 0.389. The molecule has 24 heavy (non-hydrogen) atoms. The minimum absolute atomic E-state index is 0.0508. The average Bonchev–Trinajstić information content (AvgIpc) is 3.05. The Labute approximate surface area is 142 Å². The van der Waals surface area contributed by atoms with E-state index >= 15 is 0 Å². The lowest BCUT2D eigenvalue weighted by Crippen LogP contribution is -2.31. The number of carbonyl (C=O) groups excluding carboxylic acids is 1. The highest BCUT2D eigenvalue weighted by Gasteiger charge is 2.29. The number of nitrogens with zero attached hydrogens (tertiary/aromatic N) is 2. The molecule has 1 saturated heterocycles. The first-order chi connectivity index (χ1) is 11.4. The van der Waals surface area contributed by atoms with E-state index in [4.69, 9.17) is 0 Å². The first-order valence-electron chi connectivity index (χ1n) is 8.03. The Morgan fingerprint density at radius 1 is 1.38 bits per heavy atom. The van der Waals surface area contributed by atoms with Crippen molar-refractivity contribution in [2.24, 2.45) is 13.0 Å². The maximum atomic E-state index is 12.3. The van der Waals surface area contributed by atoms with Gasteiger partial charge in [-0.3, -0.25) is 4.79 Å². The van der Waals surface area contributed by atoms with E-state index in [9.17, 15) is 13.2 Å². The molecule has 1 aromatic carbocycles. The van der Waals surface area contributed by atoms with Crippen molar-refractivity contribution in [3.05, 3.63) is 42.1 Å². The quantitative estimate of drug-likeness (QED) is 0.797. The van der Waals surface area contributed by atoms with Crippen molar-refractivity contribution in [3.63, 3.8) is 0 Å². The predicted octanol–water partition coefficient (Wildman–Crippen LogP) is 2.08. The highest BCUT2D eigenvalue weighted by Crippen LogP contribution is 2.22. The second kappa shape index (κ2) is 6.43. The van der Waals surface area contributed by atoms with Crippen molar-refractivity contribution in [3.8, 4) is 0 Å². The molecule has 1 aromatic heterocycles. The molecule has 1 aliphatic rings. The number of aryl methyl sites for hydroxylation is 1. The number of aromatic nitrogens is 1. The number of benzene rings is 1. The molecule has 0 saturated carbocycles. The summed E-state index contributed by atoms with van der Waals surface area (Å²) >= 11 is 0. The van der Waals surface area contributed by atoms with Crippen LogP contribution in [0.3, 0.4) is 0 Å². The molecule has 1 aliphatic heterocycles. The maximum Gasteiger partial charge on any atom is 0.246 e. The first kappa shape index (κ1) is 16.8. The Morgan fingerprint density at radius 3 is 2.83 bits per heavy atom. The number of amides is 1. The van der Waals surface area contributed by atoms with Gasteiger partial charge in [-0.15, -0.1) is 0 Å². The van der Waals surface area contributed by atoms with Gasteiger partial charge in [-0.1, -0.05) is 18.2 Å². The van der Waals surface area contributed by atoms with Gasteiger partial charge in [0.2, 0.25) is 5.91 Å². The number of rotatable bonds is 4. The summed E-state index contributed by atoms with van der Waals surface area (Å²) < 4.78 is 25.1. The lowest BCUT2D eigenvalue weighted by atomic mass is 10.1. The number of sulfone groups is 1. The third-order valence-electron chi connectivity index (χ3n) is 4.57. The van der Waals surface area contributed by atoms with Crippen LogP contribution >= 0.6 is 0 Å². The minimum atomic E-state index is -2.90. The molecule has 1 amide bonds. The van der Waals surface area contributed by atoms with Gasteiger partial charge in [-0.05, 0) is 24.5 Å². The summed E-state index contributed by atoms with van der Waals surface area (Å²) in [7, 11) is 0.801. The number of hydrogen-bond acceptors (Lipinski definition) is 3. The summed E-state index contributed by atoms with van der Waals surface area (Å²) in [6.45, 7) is 0.484. The van der Waals surface area contributed by atoms with E-state index in [-0.39, 0.29) is 23.3 Å². The van der Waals surface area contributed by atoms with E-state index in [1.54, 1.807) is 18.0 Å².